The van der Waals surface area contributed by atoms with E-state index in [1.165, 1.54) is 56.4 Å². The number of benzene rings is 1. The molecule has 0 aliphatic carbocycles. The average molecular weight is 331 g/mol. The SMILES string of the molecule is CN(Cc1ccccc1CN1CCCC1)C[C@@H]1CCOC(C)(C)C1. The molecule has 2 aliphatic heterocycles. The van der Waals surface area contributed by atoms with Gasteiger partial charge in [0.2, 0.25) is 0 Å². The van der Waals surface area contributed by atoms with Gasteiger partial charge in [0.25, 0.3) is 0 Å². The maximum Gasteiger partial charge on any atom is 0.0629 e. The van der Waals surface area contributed by atoms with Crippen LogP contribution in [0.1, 0.15) is 50.7 Å². The fraction of sp³-hybridized carbons (Fsp3) is 0.714. The number of rotatable bonds is 6. The van der Waals surface area contributed by atoms with E-state index in [4.69, 9.17) is 4.74 Å². The van der Waals surface area contributed by atoms with Gasteiger partial charge in [0.15, 0.2) is 0 Å². The van der Waals surface area contributed by atoms with Crippen molar-refractivity contribution in [3.05, 3.63) is 35.4 Å². The van der Waals surface area contributed by atoms with Gasteiger partial charge in [-0.05, 0) is 76.7 Å². The molecular formula is C21H34N2O. The van der Waals surface area contributed by atoms with Gasteiger partial charge in [-0.15, -0.1) is 0 Å². The van der Waals surface area contributed by atoms with E-state index >= 15 is 0 Å². The van der Waals surface area contributed by atoms with Crippen LogP contribution in [0.25, 0.3) is 0 Å². The Morgan fingerprint density at radius 1 is 1.17 bits per heavy atom. The number of hydrogen-bond donors (Lipinski definition) is 0. The van der Waals surface area contributed by atoms with Crippen LogP contribution in [0.4, 0.5) is 0 Å². The molecule has 2 aliphatic rings. The zero-order chi connectivity index (χ0) is 17.0. The highest BCUT2D eigenvalue weighted by Gasteiger charge is 2.29. The largest absolute Gasteiger partial charge is 0.376 e. The number of nitrogens with zero attached hydrogens (tertiary/aromatic N) is 2. The van der Waals surface area contributed by atoms with Crippen LogP contribution in [0.15, 0.2) is 24.3 Å². The van der Waals surface area contributed by atoms with Gasteiger partial charge in [-0.25, -0.2) is 0 Å². The predicted octanol–water partition coefficient (Wildman–Crippen LogP) is 3.92. The van der Waals surface area contributed by atoms with Crippen molar-refractivity contribution in [2.24, 2.45) is 5.92 Å². The maximum absolute atomic E-state index is 5.86. The summed E-state index contributed by atoms with van der Waals surface area (Å²) in [5.41, 5.74) is 3.06. The first kappa shape index (κ1) is 17.9. The number of likely N-dealkylation sites (tertiary alicyclic amines) is 1. The lowest BCUT2D eigenvalue weighted by atomic mass is 9.88. The Morgan fingerprint density at radius 2 is 1.88 bits per heavy atom. The molecule has 0 amide bonds. The molecule has 0 N–H and O–H groups in total. The standard InChI is InChI=1S/C21H34N2O/c1-21(2)14-18(10-13-24-21)15-22(3)16-19-8-4-5-9-20(19)17-23-11-6-7-12-23/h4-5,8-9,18H,6-7,10-17H2,1-3H3/t18-/m1/s1. The van der Waals surface area contributed by atoms with Crippen molar-refractivity contribution in [2.45, 2.75) is 58.2 Å². The zero-order valence-electron chi connectivity index (χ0n) is 15.8. The van der Waals surface area contributed by atoms with Crippen molar-refractivity contribution in [1.82, 2.24) is 9.80 Å². The number of hydrogen-bond acceptors (Lipinski definition) is 3. The minimum absolute atomic E-state index is 0.0530. The third-order valence-electron chi connectivity index (χ3n) is 5.52. The van der Waals surface area contributed by atoms with Crippen molar-refractivity contribution in [3.63, 3.8) is 0 Å². The van der Waals surface area contributed by atoms with E-state index in [1.807, 2.05) is 0 Å². The van der Waals surface area contributed by atoms with Gasteiger partial charge in [0.1, 0.15) is 0 Å². The Kier molecular flexibility index (Phi) is 5.96. The molecule has 3 heteroatoms. The summed E-state index contributed by atoms with van der Waals surface area (Å²) in [6, 6.07) is 9.01. The molecule has 2 fully saturated rings. The highest BCUT2D eigenvalue weighted by atomic mass is 16.5. The first-order valence-corrected chi connectivity index (χ1v) is 9.63. The van der Waals surface area contributed by atoms with Crippen LogP contribution in [0, 0.1) is 5.92 Å². The molecule has 2 heterocycles. The molecule has 1 aromatic carbocycles. The lowest BCUT2D eigenvalue weighted by Crippen LogP contribution is -2.38. The second-order valence-corrected chi connectivity index (χ2v) is 8.42. The van der Waals surface area contributed by atoms with Crippen molar-refractivity contribution in [1.29, 1.82) is 0 Å². The van der Waals surface area contributed by atoms with Crippen LogP contribution in [0.2, 0.25) is 0 Å². The van der Waals surface area contributed by atoms with Crippen LogP contribution in [-0.4, -0.2) is 48.7 Å². The molecule has 2 saturated heterocycles. The molecule has 134 valence electrons. The Labute approximate surface area is 148 Å². The Morgan fingerprint density at radius 3 is 2.58 bits per heavy atom. The van der Waals surface area contributed by atoms with Gasteiger partial charge >= 0.3 is 0 Å². The normalized spacial score (nSPS) is 24.6. The summed E-state index contributed by atoms with van der Waals surface area (Å²) in [6.07, 6.45) is 5.10. The van der Waals surface area contributed by atoms with Gasteiger partial charge in [0, 0.05) is 26.2 Å². The first-order chi connectivity index (χ1) is 11.5. The smallest absolute Gasteiger partial charge is 0.0629 e. The molecule has 0 spiro atoms. The van der Waals surface area contributed by atoms with E-state index < -0.39 is 0 Å². The van der Waals surface area contributed by atoms with E-state index in [2.05, 4.69) is 55.0 Å². The molecule has 0 aromatic heterocycles. The molecule has 3 rings (SSSR count). The highest BCUT2D eigenvalue weighted by molar-refractivity contribution is 5.27. The molecule has 0 bridgehead atoms. The van der Waals surface area contributed by atoms with Gasteiger partial charge in [-0.2, -0.15) is 0 Å². The summed E-state index contributed by atoms with van der Waals surface area (Å²) in [5, 5.41) is 0. The molecule has 0 unspecified atom stereocenters. The third-order valence-corrected chi connectivity index (χ3v) is 5.52. The lowest BCUT2D eigenvalue weighted by Gasteiger charge is -2.37. The third kappa shape index (κ3) is 5.05. The van der Waals surface area contributed by atoms with E-state index in [1.54, 1.807) is 0 Å². The molecule has 24 heavy (non-hydrogen) atoms. The Balaban J connectivity index is 1.56. The summed E-state index contributed by atoms with van der Waals surface area (Å²) in [5.74, 6) is 0.754. The summed E-state index contributed by atoms with van der Waals surface area (Å²) < 4.78 is 5.86. The fourth-order valence-corrected chi connectivity index (χ4v) is 4.36. The summed E-state index contributed by atoms with van der Waals surface area (Å²) >= 11 is 0. The molecule has 0 saturated carbocycles. The van der Waals surface area contributed by atoms with Crippen LogP contribution < -0.4 is 0 Å². The van der Waals surface area contributed by atoms with E-state index in [-0.39, 0.29) is 5.60 Å². The molecule has 1 aromatic rings. The van der Waals surface area contributed by atoms with Crippen LogP contribution in [0.5, 0.6) is 0 Å². The Bertz CT molecular complexity index is 522. The molecule has 0 radical (unpaired) electrons. The van der Waals surface area contributed by atoms with E-state index in [9.17, 15) is 0 Å². The topological polar surface area (TPSA) is 15.7 Å². The minimum atomic E-state index is 0.0530. The van der Waals surface area contributed by atoms with Gasteiger partial charge in [-0.1, -0.05) is 24.3 Å². The van der Waals surface area contributed by atoms with Crippen molar-refractivity contribution >= 4 is 0 Å². The molecular weight excluding hydrogens is 296 g/mol. The Hall–Kier alpha value is -0.900. The van der Waals surface area contributed by atoms with Gasteiger partial charge in [0.05, 0.1) is 5.60 Å². The fourth-order valence-electron chi connectivity index (χ4n) is 4.36. The van der Waals surface area contributed by atoms with E-state index in [0.717, 1.165) is 25.6 Å². The van der Waals surface area contributed by atoms with Crippen LogP contribution in [0.3, 0.4) is 0 Å². The zero-order valence-corrected chi connectivity index (χ0v) is 15.8. The van der Waals surface area contributed by atoms with Crippen molar-refractivity contribution in [3.8, 4) is 0 Å². The second kappa shape index (κ2) is 7.99. The summed E-state index contributed by atoms with van der Waals surface area (Å²) in [6.45, 7) is 11.2. The van der Waals surface area contributed by atoms with Crippen LogP contribution in [-0.2, 0) is 17.8 Å². The molecule has 3 nitrogen and oxygen atoms in total. The predicted molar refractivity (Wildman–Crippen MR) is 100 cm³/mol. The lowest BCUT2D eigenvalue weighted by molar-refractivity contribution is -0.0761. The van der Waals surface area contributed by atoms with Crippen molar-refractivity contribution < 1.29 is 4.74 Å². The minimum Gasteiger partial charge on any atom is -0.376 e. The van der Waals surface area contributed by atoms with Crippen molar-refractivity contribution in [2.75, 3.05) is 33.3 Å². The van der Waals surface area contributed by atoms with Gasteiger partial charge < -0.3 is 9.64 Å². The average Bonchev–Trinajstić information content (AvgIpc) is 3.01. The van der Waals surface area contributed by atoms with Gasteiger partial charge in [-0.3, -0.25) is 4.90 Å². The summed E-state index contributed by atoms with van der Waals surface area (Å²) in [7, 11) is 2.27. The van der Waals surface area contributed by atoms with E-state index in [0.29, 0.717) is 0 Å². The number of ether oxygens (including phenoxy) is 1. The quantitative estimate of drug-likeness (QED) is 0.786. The maximum atomic E-state index is 5.86. The first-order valence-electron chi connectivity index (χ1n) is 9.63. The highest BCUT2D eigenvalue weighted by Crippen LogP contribution is 2.29. The monoisotopic (exact) mass is 330 g/mol. The second-order valence-electron chi connectivity index (χ2n) is 8.42. The molecule has 1 atom stereocenters. The van der Waals surface area contributed by atoms with Crippen LogP contribution >= 0.6 is 0 Å². The summed E-state index contributed by atoms with van der Waals surface area (Å²) in [4.78, 5) is 5.11.